The molecule has 1 aromatic heterocycles. The molecule has 0 amide bonds. The van der Waals surface area contributed by atoms with Gasteiger partial charge in [0.15, 0.2) is 0 Å². The maximum Gasteiger partial charge on any atom is 0.323 e. The van der Waals surface area contributed by atoms with Crippen LogP contribution in [0.15, 0.2) is 18.3 Å². The van der Waals surface area contributed by atoms with Gasteiger partial charge in [0.05, 0.1) is 11.0 Å². The quantitative estimate of drug-likeness (QED) is 0.590. The molecule has 0 saturated heterocycles. The van der Waals surface area contributed by atoms with E-state index in [1.54, 1.807) is 6.92 Å². The van der Waals surface area contributed by atoms with Crippen LogP contribution in [0.4, 0.5) is 11.5 Å². The number of carboxylic acids is 1. The lowest BCUT2D eigenvalue weighted by molar-refractivity contribution is -0.384. The molecule has 0 saturated carbocycles. The summed E-state index contributed by atoms with van der Waals surface area (Å²) in [4.78, 5) is 25.9. The van der Waals surface area contributed by atoms with E-state index in [0.29, 0.717) is 12.4 Å². The third-order valence-corrected chi connectivity index (χ3v) is 1.97. The lowest BCUT2D eigenvalue weighted by Gasteiger charge is -2.18. The Kier molecular flexibility index (Phi) is 3.76. The van der Waals surface area contributed by atoms with E-state index in [1.165, 1.54) is 23.2 Å². The standard InChI is InChI=1S/C9H11N3O4/c1-2-11(6-9(13)14)8-5-7(12(15)16)3-4-10-8/h3-5H,2,6H2,1H3,(H,13,14). The summed E-state index contributed by atoms with van der Waals surface area (Å²) >= 11 is 0. The first-order chi connectivity index (χ1) is 7.54. The van der Waals surface area contributed by atoms with Crippen molar-refractivity contribution < 1.29 is 14.8 Å². The largest absolute Gasteiger partial charge is 0.480 e. The number of rotatable bonds is 5. The van der Waals surface area contributed by atoms with Crippen molar-refractivity contribution in [2.45, 2.75) is 6.92 Å². The second-order valence-corrected chi connectivity index (χ2v) is 3.04. The van der Waals surface area contributed by atoms with Crippen molar-refractivity contribution in [3.8, 4) is 0 Å². The van der Waals surface area contributed by atoms with Crippen molar-refractivity contribution in [2.75, 3.05) is 18.0 Å². The van der Waals surface area contributed by atoms with Crippen LogP contribution < -0.4 is 4.90 Å². The SMILES string of the molecule is CCN(CC(=O)O)c1cc([N+](=O)[O-])ccn1. The topological polar surface area (TPSA) is 96.6 Å². The molecule has 0 atom stereocenters. The predicted octanol–water partition coefficient (Wildman–Crippen LogP) is 0.901. The van der Waals surface area contributed by atoms with E-state index >= 15 is 0 Å². The number of aromatic nitrogens is 1. The molecule has 1 aromatic rings. The third kappa shape index (κ3) is 2.91. The number of likely N-dealkylation sites (N-methyl/N-ethyl adjacent to an activating group) is 1. The van der Waals surface area contributed by atoms with E-state index in [2.05, 4.69) is 4.98 Å². The van der Waals surface area contributed by atoms with Crippen LogP contribution in [-0.4, -0.2) is 34.1 Å². The number of carboxylic acid groups (broad SMARTS) is 1. The summed E-state index contributed by atoms with van der Waals surface area (Å²) in [5, 5.41) is 19.2. The van der Waals surface area contributed by atoms with Gasteiger partial charge in [-0.15, -0.1) is 0 Å². The second kappa shape index (κ2) is 5.06. The molecule has 1 heterocycles. The van der Waals surface area contributed by atoms with Gasteiger partial charge in [0.2, 0.25) is 0 Å². The molecule has 0 fully saturated rings. The van der Waals surface area contributed by atoms with Crippen LogP contribution >= 0.6 is 0 Å². The van der Waals surface area contributed by atoms with Crippen molar-refractivity contribution in [2.24, 2.45) is 0 Å². The Labute approximate surface area is 91.5 Å². The van der Waals surface area contributed by atoms with Gasteiger partial charge in [0.25, 0.3) is 5.69 Å². The van der Waals surface area contributed by atoms with Gasteiger partial charge < -0.3 is 10.0 Å². The molecule has 0 aliphatic rings. The monoisotopic (exact) mass is 225 g/mol. The fourth-order valence-corrected chi connectivity index (χ4v) is 1.21. The number of nitrogens with zero attached hydrogens (tertiary/aromatic N) is 3. The molecule has 0 radical (unpaired) electrons. The Bertz CT molecular complexity index is 407. The van der Waals surface area contributed by atoms with E-state index < -0.39 is 10.9 Å². The lowest BCUT2D eigenvalue weighted by atomic mass is 10.3. The van der Waals surface area contributed by atoms with Crippen molar-refractivity contribution in [3.63, 3.8) is 0 Å². The molecular weight excluding hydrogens is 214 g/mol. The number of hydrogen-bond acceptors (Lipinski definition) is 5. The molecule has 0 unspecified atom stereocenters. The molecule has 0 aromatic carbocycles. The van der Waals surface area contributed by atoms with Crippen LogP contribution in [0.25, 0.3) is 0 Å². The van der Waals surface area contributed by atoms with Crippen molar-refractivity contribution in [3.05, 3.63) is 28.4 Å². The molecule has 86 valence electrons. The number of anilines is 1. The molecule has 1 N–H and O–H groups in total. The molecule has 0 bridgehead atoms. The minimum atomic E-state index is -1.00. The van der Waals surface area contributed by atoms with Gasteiger partial charge in [-0.2, -0.15) is 0 Å². The highest BCUT2D eigenvalue weighted by Gasteiger charge is 2.13. The van der Waals surface area contributed by atoms with Crippen molar-refractivity contribution in [1.29, 1.82) is 0 Å². The normalized spacial score (nSPS) is 9.81. The highest BCUT2D eigenvalue weighted by Crippen LogP contribution is 2.17. The number of pyridine rings is 1. The average Bonchev–Trinajstić information content (AvgIpc) is 2.25. The molecule has 0 spiro atoms. The van der Waals surface area contributed by atoms with Gasteiger partial charge in [-0.1, -0.05) is 0 Å². The average molecular weight is 225 g/mol. The zero-order valence-corrected chi connectivity index (χ0v) is 8.66. The summed E-state index contributed by atoms with van der Waals surface area (Å²) in [5.74, 6) is -0.714. The van der Waals surface area contributed by atoms with E-state index in [0.717, 1.165) is 0 Å². The maximum absolute atomic E-state index is 10.6. The Morgan fingerprint density at radius 2 is 2.38 bits per heavy atom. The van der Waals surface area contributed by atoms with E-state index in [4.69, 9.17) is 5.11 Å². The van der Waals surface area contributed by atoms with Crippen LogP contribution in [-0.2, 0) is 4.79 Å². The number of hydrogen-bond donors (Lipinski definition) is 1. The maximum atomic E-state index is 10.6. The van der Waals surface area contributed by atoms with Gasteiger partial charge in [-0.25, -0.2) is 4.98 Å². The molecule has 7 heteroatoms. The molecular formula is C9H11N3O4. The highest BCUT2D eigenvalue weighted by atomic mass is 16.6. The van der Waals surface area contributed by atoms with E-state index in [9.17, 15) is 14.9 Å². The zero-order chi connectivity index (χ0) is 12.1. The molecule has 0 aliphatic heterocycles. The summed E-state index contributed by atoms with van der Waals surface area (Å²) in [6.45, 7) is 1.94. The highest BCUT2D eigenvalue weighted by molar-refractivity contribution is 5.73. The predicted molar refractivity (Wildman–Crippen MR) is 56.4 cm³/mol. The van der Waals surface area contributed by atoms with Crippen LogP contribution in [0.3, 0.4) is 0 Å². The van der Waals surface area contributed by atoms with E-state index in [-0.39, 0.29) is 12.2 Å². The van der Waals surface area contributed by atoms with Crippen molar-refractivity contribution >= 4 is 17.5 Å². The molecule has 0 aliphatic carbocycles. The Balaban J connectivity index is 2.96. The smallest absolute Gasteiger partial charge is 0.323 e. The lowest BCUT2D eigenvalue weighted by Crippen LogP contribution is -2.30. The Morgan fingerprint density at radius 3 is 2.88 bits per heavy atom. The number of aliphatic carboxylic acids is 1. The number of carbonyl (C=O) groups is 1. The summed E-state index contributed by atoms with van der Waals surface area (Å²) in [7, 11) is 0. The summed E-state index contributed by atoms with van der Waals surface area (Å²) in [6.07, 6.45) is 1.29. The zero-order valence-electron chi connectivity index (χ0n) is 8.66. The first kappa shape index (κ1) is 11.9. The molecule has 16 heavy (non-hydrogen) atoms. The Morgan fingerprint density at radius 1 is 1.69 bits per heavy atom. The van der Waals surface area contributed by atoms with Crippen LogP contribution in [0.5, 0.6) is 0 Å². The fourth-order valence-electron chi connectivity index (χ4n) is 1.21. The van der Waals surface area contributed by atoms with Gasteiger partial charge >= 0.3 is 5.97 Å². The molecule has 7 nitrogen and oxygen atoms in total. The van der Waals surface area contributed by atoms with E-state index in [1.807, 2.05) is 0 Å². The first-order valence-corrected chi connectivity index (χ1v) is 4.61. The molecule has 1 rings (SSSR count). The van der Waals surface area contributed by atoms with Crippen molar-refractivity contribution in [1.82, 2.24) is 4.98 Å². The van der Waals surface area contributed by atoms with Crippen LogP contribution in [0, 0.1) is 10.1 Å². The second-order valence-electron chi connectivity index (χ2n) is 3.04. The third-order valence-electron chi connectivity index (χ3n) is 1.97. The number of nitro groups is 1. The fraction of sp³-hybridized carbons (Fsp3) is 0.333. The van der Waals surface area contributed by atoms with Gasteiger partial charge in [0.1, 0.15) is 12.4 Å². The van der Waals surface area contributed by atoms with Gasteiger partial charge in [-0.05, 0) is 6.92 Å². The van der Waals surface area contributed by atoms with Crippen LogP contribution in [0.2, 0.25) is 0 Å². The Hall–Kier alpha value is -2.18. The minimum absolute atomic E-state index is 0.103. The summed E-state index contributed by atoms with van der Waals surface area (Å²) in [6, 6.07) is 2.52. The first-order valence-electron chi connectivity index (χ1n) is 4.61. The van der Waals surface area contributed by atoms with Crippen LogP contribution in [0.1, 0.15) is 6.92 Å². The minimum Gasteiger partial charge on any atom is -0.480 e. The summed E-state index contributed by atoms with van der Waals surface area (Å²) in [5.41, 5.74) is -0.103. The van der Waals surface area contributed by atoms with Gasteiger partial charge in [0, 0.05) is 18.8 Å². The summed E-state index contributed by atoms with van der Waals surface area (Å²) < 4.78 is 0. The van der Waals surface area contributed by atoms with Gasteiger partial charge in [-0.3, -0.25) is 14.9 Å².